The number of carbonyl (C=O) groups excluding carboxylic acids is 1. The third-order valence-corrected chi connectivity index (χ3v) is 6.46. The molecule has 2 aromatic rings. The van der Waals surface area contributed by atoms with Crippen LogP contribution in [0.15, 0.2) is 65.1 Å². The summed E-state index contributed by atoms with van der Waals surface area (Å²) in [6.07, 6.45) is 1.03. The zero-order valence-corrected chi connectivity index (χ0v) is 19.9. The minimum atomic E-state index is -0.586. The van der Waals surface area contributed by atoms with Crippen LogP contribution < -0.4 is 20.1 Å². The number of anilines is 1. The van der Waals surface area contributed by atoms with Gasteiger partial charge in [0.1, 0.15) is 5.82 Å². The molecule has 0 spiro atoms. The lowest BCUT2D eigenvalue weighted by Crippen LogP contribution is -2.42. The molecule has 0 unspecified atom stereocenters. The van der Waals surface area contributed by atoms with Crippen LogP contribution in [-0.4, -0.2) is 20.0 Å². The van der Waals surface area contributed by atoms with E-state index in [1.54, 1.807) is 32.4 Å². The van der Waals surface area contributed by atoms with Crippen LogP contribution in [0.25, 0.3) is 0 Å². The van der Waals surface area contributed by atoms with Crippen LogP contribution in [0.4, 0.5) is 5.69 Å². The third kappa shape index (κ3) is 3.94. The first kappa shape index (κ1) is 22.8. The van der Waals surface area contributed by atoms with E-state index in [4.69, 9.17) is 26.8 Å². The van der Waals surface area contributed by atoms with Crippen molar-refractivity contribution < 1.29 is 14.3 Å². The molecule has 0 saturated heterocycles. The fourth-order valence-corrected chi connectivity index (χ4v) is 4.89. The summed E-state index contributed by atoms with van der Waals surface area (Å²) in [5, 5.41) is 10.8. The first-order chi connectivity index (χ1) is 15.7. The maximum atomic E-state index is 13.6. The molecule has 1 atom stereocenters. The number of carbonyl (C=O) groups is 1. The molecule has 2 aromatic carbocycles. The Kier molecular flexibility index (Phi) is 5.85. The number of nitrogens with zero attached hydrogens (tertiary/aromatic N) is 2. The van der Waals surface area contributed by atoms with Crippen LogP contribution in [0.1, 0.15) is 38.2 Å². The summed E-state index contributed by atoms with van der Waals surface area (Å²) in [5.74, 6) is 0.832. The van der Waals surface area contributed by atoms with Crippen molar-refractivity contribution in [2.24, 2.45) is 11.1 Å². The van der Waals surface area contributed by atoms with Crippen molar-refractivity contribution in [2.45, 2.75) is 32.6 Å². The lowest BCUT2D eigenvalue weighted by molar-refractivity contribution is -0.118. The molecule has 6 nitrogen and oxygen atoms in total. The molecule has 0 saturated carbocycles. The van der Waals surface area contributed by atoms with Gasteiger partial charge in [0.2, 0.25) is 0 Å². The Morgan fingerprint density at radius 2 is 1.76 bits per heavy atom. The predicted molar refractivity (Wildman–Crippen MR) is 128 cm³/mol. The number of nitrogens with two attached hydrogens (primary N) is 1. The van der Waals surface area contributed by atoms with Crippen molar-refractivity contribution in [1.29, 1.82) is 5.26 Å². The summed E-state index contributed by atoms with van der Waals surface area (Å²) in [7, 11) is 3.12. The number of rotatable bonds is 4. The van der Waals surface area contributed by atoms with Gasteiger partial charge in [0.05, 0.1) is 31.8 Å². The Balaban J connectivity index is 1.98. The van der Waals surface area contributed by atoms with Crippen LogP contribution in [0.3, 0.4) is 0 Å². The Morgan fingerprint density at radius 1 is 1.09 bits per heavy atom. The normalized spacial score (nSPS) is 19.8. The van der Waals surface area contributed by atoms with Crippen LogP contribution >= 0.6 is 11.6 Å². The molecule has 7 heteroatoms. The minimum Gasteiger partial charge on any atom is -0.493 e. The van der Waals surface area contributed by atoms with E-state index in [1.165, 1.54) is 0 Å². The average Bonchev–Trinajstić information content (AvgIpc) is 2.78. The maximum Gasteiger partial charge on any atom is 0.162 e. The number of Topliss-reactive ketones (excluding diaryl/α,β-unsaturated/α-hetero) is 1. The van der Waals surface area contributed by atoms with Crippen LogP contribution in [-0.2, 0) is 4.79 Å². The highest BCUT2D eigenvalue weighted by Crippen LogP contribution is 2.50. The molecule has 1 aliphatic carbocycles. The van der Waals surface area contributed by atoms with Gasteiger partial charge in [0, 0.05) is 28.4 Å². The van der Waals surface area contributed by atoms with E-state index < -0.39 is 5.92 Å². The van der Waals surface area contributed by atoms with Gasteiger partial charge in [-0.25, -0.2) is 0 Å². The average molecular weight is 464 g/mol. The summed E-state index contributed by atoms with van der Waals surface area (Å²) in [4.78, 5) is 15.4. The number of hydrogen-bond donors (Lipinski definition) is 1. The van der Waals surface area contributed by atoms with Gasteiger partial charge in [-0.05, 0) is 53.8 Å². The van der Waals surface area contributed by atoms with Crippen molar-refractivity contribution >= 4 is 23.1 Å². The van der Waals surface area contributed by atoms with E-state index in [0.717, 1.165) is 16.9 Å². The lowest BCUT2D eigenvalue weighted by atomic mass is 9.68. The number of halogens is 1. The van der Waals surface area contributed by atoms with Crippen molar-refractivity contribution in [3.63, 3.8) is 0 Å². The number of hydrogen-bond acceptors (Lipinski definition) is 6. The number of allylic oxidation sites excluding steroid dienone is 3. The second-order valence-corrected chi connectivity index (χ2v) is 9.51. The Bertz CT molecular complexity index is 1220. The summed E-state index contributed by atoms with van der Waals surface area (Å²) >= 11 is 6.10. The van der Waals surface area contributed by atoms with E-state index in [0.29, 0.717) is 46.3 Å². The SMILES string of the molecule is COc1ccc([C@@H]2C(C#N)=C(N)N(c3ccc(Cl)cc3)C3=C2C(=O)CC(C)(C)C3)cc1OC. The molecule has 1 heterocycles. The molecule has 0 fully saturated rings. The number of benzene rings is 2. The van der Waals surface area contributed by atoms with E-state index in [-0.39, 0.29) is 11.2 Å². The molecule has 1 aliphatic heterocycles. The number of nitriles is 1. The van der Waals surface area contributed by atoms with Gasteiger partial charge in [0.25, 0.3) is 0 Å². The van der Waals surface area contributed by atoms with Crippen molar-refractivity contribution in [2.75, 3.05) is 19.1 Å². The molecule has 33 heavy (non-hydrogen) atoms. The number of methoxy groups -OCH3 is 2. The monoisotopic (exact) mass is 463 g/mol. The first-order valence-electron chi connectivity index (χ1n) is 10.6. The minimum absolute atomic E-state index is 0.0141. The second-order valence-electron chi connectivity index (χ2n) is 9.07. The number of ether oxygens (including phenoxy) is 2. The largest absolute Gasteiger partial charge is 0.493 e. The Hall–Kier alpha value is -3.43. The standard InChI is InChI=1S/C26H26ClN3O3/c1-26(2)12-19-24(20(31)13-26)23(15-5-10-21(32-3)22(11-15)33-4)18(14-28)25(29)30(19)17-8-6-16(27)7-9-17/h5-11,23H,12-13,29H2,1-4H3/t23-/m1/s1. The quantitative estimate of drug-likeness (QED) is 0.662. The molecule has 0 bridgehead atoms. The van der Waals surface area contributed by atoms with Gasteiger partial charge in [0.15, 0.2) is 17.3 Å². The van der Waals surface area contributed by atoms with Crippen molar-refractivity contribution in [1.82, 2.24) is 0 Å². The molecule has 2 aliphatic rings. The van der Waals surface area contributed by atoms with Crippen molar-refractivity contribution in [3.8, 4) is 17.6 Å². The summed E-state index contributed by atoms with van der Waals surface area (Å²) in [6.45, 7) is 4.14. The fourth-order valence-electron chi connectivity index (χ4n) is 4.76. The lowest BCUT2D eigenvalue weighted by Gasteiger charge is -2.43. The third-order valence-electron chi connectivity index (χ3n) is 6.21. The summed E-state index contributed by atoms with van der Waals surface area (Å²) in [5.41, 5.74) is 9.65. The maximum absolute atomic E-state index is 13.6. The van der Waals surface area contributed by atoms with E-state index >= 15 is 0 Å². The number of ketones is 1. The van der Waals surface area contributed by atoms with E-state index in [2.05, 4.69) is 19.9 Å². The van der Waals surface area contributed by atoms with Gasteiger partial charge in [-0.3, -0.25) is 9.69 Å². The zero-order chi connectivity index (χ0) is 23.9. The molecule has 4 rings (SSSR count). The highest BCUT2D eigenvalue weighted by atomic mass is 35.5. The fraction of sp³-hybridized carbons (Fsp3) is 0.308. The molecule has 170 valence electrons. The molecular formula is C26H26ClN3O3. The van der Waals surface area contributed by atoms with Gasteiger partial charge in [-0.1, -0.05) is 31.5 Å². The summed E-state index contributed by atoms with van der Waals surface area (Å²) < 4.78 is 10.8. The van der Waals surface area contributed by atoms with Crippen LogP contribution in [0.5, 0.6) is 11.5 Å². The topological polar surface area (TPSA) is 88.6 Å². The molecule has 0 aromatic heterocycles. The highest BCUT2D eigenvalue weighted by Gasteiger charge is 2.44. The van der Waals surface area contributed by atoms with E-state index in [9.17, 15) is 10.1 Å². The van der Waals surface area contributed by atoms with Gasteiger partial charge in [-0.15, -0.1) is 0 Å². The highest BCUT2D eigenvalue weighted by molar-refractivity contribution is 6.30. The molecule has 0 radical (unpaired) electrons. The van der Waals surface area contributed by atoms with Crippen molar-refractivity contribution in [3.05, 3.63) is 75.7 Å². The molecule has 0 amide bonds. The van der Waals surface area contributed by atoms with Crippen LogP contribution in [0.2, 0.25) is 5.02 Å². The molecular weight excluding hydrogens is 438 g/mol. The second kappa shape index (κ2) is 8.49. The summed E-state index contributed by atoms with van der Waals surface area (Å²) in [6, 6.07) is 15.0. The van der Waals surface area contributed by atoms with Crippen LogP contribution in [0, 0.1) is 16.7 Å². The van der Waals surface area contributed by atoms with Gasteiger partial charge < -0.3 is 15.2 Å². The smallest absolute Gasteiger partial charge is 0.162 e. The predicted octanol–water partition coefficient (Wildman–Crippen LogP) is 5.30. The van der Waals surface area contributed by atoms with E-state index in [1.807, 2.05) is 29.2 Å². The van der Waals surface area contributed by atoms with Gasteiger partial charge in [-0.2, -0.15) is 5.26 Å². The van der Waals surface area contributed by atoms with Gasteiger partial charge >= 0.3 is 0 Å². The molecule has 2 N–H and O–H groups in total. The first-order valence-corrected chi connectivity index (χ1v) is 11.0. The Labute approximate surface area is 198 Å². The zero-order valence-electron chi connectivity index (χ0n) is 19.1. The Morgan fingerprint density at radius 3 is 2.36 bits per heavy atom.